The van der Waals surface area contributed by atoms with Crippen molar-refractivity contribution in [1.29, 1.82) is 0 Å². The third-order valence-electron chi connectivity index (χ3n) is 2.57. The molecule has 0 unspecified atom stereocenters. The maximum atomic E-state index is 12.2. The fourth-order valence-electron chi connectivity index (χ4n) is 1.65. The molecule has 0 bridgehead atoms. The van der Waals surface area contributed by atoms with Crippen LogP contribution in [0, 0.1) is 13.8 Å². The molecule has 0 saturated carbocycles. The van der Waals surface area contributed by atoms with Crippen molar-refractivity contribution in [3.63, 3.8) is 0 Å². The predicted octanol–water partition coefficient (Wildman–Crippen LogP) is 2.39. The molecule has 0 radical (unpaired) electrons. The molecule has 0 amide bonds. The normalized spacial score (nSPS) is 10.3. The number of hydrogen-bond donors (Lipinski definition) is 0. The first-order valence-corrected chi connectivity index (χ1v) is 5.88. The van der Waals surface area contributed by atoms with Crippen LogP contribution in [0.2, 0.25) is 0 Å². The molecular weight excluding hydrogens is 236 g/mol. The van der Waals surface area contributed by atoms with Gasteiger partial charge in [-0.3, -0.25) is 4.79 Å². The summed E-state index contributed by atoms with van der Waals surface area (Å²) >= 11 is 1.11. The molecule has 0 atom stereocenters. The zero-order valence-corrected chi connectivity index (χ0v) is 10.7. The van der Waals surface area contributed by atoms with Crippen molar-refractivity contribution in [1.82, 2.24) is 9.59 Å². The first-order valence-electron chi connectivity index (χ1n) is 5.10. The summed E-state index contributed by atoms with van der Waals surface area (Å²) in [5.41, 5.74) is 2.51. The molecule has 1 heterocycles. The lowest BCUT2D eigenvalue weighted by molar-refractivity contribution is 0.104. The molecule has 17 heavy (non-hydrogen) atoms. The molecule has 4 nitrogen and oxygen atoms in total. The van der Waals surface area contributed by atoms with Gasteiger partial charge in [0, 0.05) is 5.56 Å². The van der Waals surface area contributed by atoms with Crippen LogP contribution >= 0.6 is 11.5 Å². The molecule has 0 saturated heterocycles. The molecule has 0 N–H and O–H groups in total. The Bertz CT molecular complexity index is 550. The molecule has 0 aliphatic heterocycles. The third kappa shape index (κ3) is 2.19. The Morgan fingerprint density at radius 3 is 2.65 bits per heavy atom. The number of ketones is 1. The molecule has 1 aromatic heterocycles. The summed E-state index contributed by atoms with van der Waals surface area (Å²) in [6.07, 6.45) is 1.49. The molecule has 2 aromatic rings. The second kappa shape index (κ2) is 4.63. The van der Waals surface area contributed by atoms with Crippen LogP contribution in [0.5, 0.6) is 5.75 Å². The summed E-state index contributed by atoms with van der Waals surface area (Å²) in [7, 11) is 1.62. The average molecular weight is 248 g/mol. The lowest BCUT2D eigenvalue weighted by Crippen LogP contribution is -2.03. The molecule has 5 heteroatoms. The van der Waals surface area contributed by atoms with Crippen LogP contribution in [0.25, 0.3) is 0 Å². The molecule has 2 rings (SSSR count). The van der Waals surface area contributed by atoms with Gasteiger partial charge < -0.3 is 4.74 Å². The van der Waals surface area contributed by atoms with Gasteiger partial charge in [0.15, 0.2) is 0 Å². The van der Waals surface area contributed by atoms with Crippen LogP contribution in [0.3, 0.4) is 0 Å². The van der Waals surface area contributed by atoms with Crippen molar-refractivity contribution in [2.24, 2.45) is 0 Å². The topological polar surface area (TPSA) is 52.1 Å². The number of carbonyl (C=O) groups excluding carboxylic acids is 1. The molecule has 0 aliphatic rings. The van der Waals surface area contributed by atoms with Gasteiger partial charge in [0.05, 0.1) is 13.3 Å². The second-order valence-electron chi connectivity index (χ2n) is 3.75. The summed E-state index contributed by atoms with van der Waals surface area (Å²) in [4.78, 5) is 12.7. The highest BCUT2D eigenvalue weighted by Crippen LogP contribution is 2.24. The lowest BCUT2D eigenvalue weighted by atomic mass is 10.0. The van der Waals surface area contributed by atoms with E-state index in [1.165, 1.54) is 6.20 Å². The monoisotopic (exact) mass is 248 g/mol. The Morgan fingerprint density at radius 1 is 1.29 bits per heavy atom. The minimum Gasteiger partial charge on any atom is -0.496 e. The fourth-order valence-corrected chi connectivity index (χ4v) is 2.12. The summed E-state index contributed by atoms with van der Waals surface area (Å²) in [5, 5.41) is 3.68. The number of nitrogens with zero attached hydrogens (tertiary/aromatic N) is 2. The first-order chi connectivity index (χ1) is 8.13. The Balaban J connectivity index is 2.46. The largest absolute Gasteiger partial charge is 0.496 e. The maximum Gasteiger partial charge on any atom is 0.206 e. The molecular formula is C12H12N2O2S. The number of aromatic nitrogens is 2. The highest BCUT2D eigenvalue weighted by atomic mass is 32.1. The summed E-state index contributed by atoms with van der Waals surface area (Å²) in [5.74, 6) is 0.754. The number of rotatable bonds is 3. The van der Waals surface area contributed by atoms with Crippen LogP contribution in [0.4, 0.5) is 0 Å². The van der Waals surface area contributed by atoms with Gasteiger partial charge in [-0.05, 0) is 48.6 Å². The number of hydrogen-bond acceptors (Lipinski definition) is 5. The van der Waals surface area contributed by atoms with Crippen molar-refractivity contribution in [3.05, 3.63) is 39.9 Å². The summed E-state index contributed by atoms with van der Waals surface area (Å²) in [6, 6.07) is 3.72. The zero-order valence-electron chi connectivity index (χ0n) is 9.85. The number of aryl methyl sites for hydroxylation is 2. The van der Waals surface area contributed by atoms with Gasteiger partial charge in [0.25, 0.3) is 0 Å². The van der Waals surface area contributed by atoms with Crippen molar-refractivity contribution >= 4 is 17.3 Å². The standard InChI is InChI=1S/C12H12N2O2S/c1-7-5-10(16-3)8(2)4-9(7)12(15)11-6-13-14-17-11/h4-6H,1-3H3. The Kier molecular flexibility index (Phi) is 3.19. The Hall–Kier alpha value is -1.75. The number of methoxy groups -OCH3 is 1. The lowest BCUT2D eigenvalue weighted by Gasteiger charge is -2.09. The number of carbonyl (C=O) groups is 1. The van der Waals surface area contributed by atoms with Gasteiger partial charge >= 0.3 is 0 Å². The second-order valence-corrected chi connectivity index (χ2v) is 4.53. The van der Waals surface area contributed by atoms with E-state index in [9.17, 15) is 4.79 Å². The van der Waals surface area contributed by atoms with Crippen molar-refractivity contribution < 1.29 is 9.53 Å². The van der Waals surface area contributed by atoms with Gasteiger partial charge in [0.2, 0.25) is 5.78 Å². The van der Waals surface area contributed by atoms with Crippen LogP contribution in [0.1, 0.15) is 26.4 Å². The van der Waals surface area contributed by atoms with Crippen LogP contribution in [0.15, 0.2) is 18.3 Å². The van der Waals surface area contributed by atoms with Gasteiger partial charge in [0.1, 0.15) is 10.6 Å². The van der Waals surface area contributed by atoms with Gasteiger partial charge in [-0.1, -0.05) is 4.49 Å². The first kappa shape index (κ1) is 11.7. The number of benzene rings is 1. The fraction of sp³-hybridized carbons (Fsp3) is 0.250. The smallest absolute Gasteiger partial charge is 0.206 e. The third-order valence-corrected chi connectivity index (χ3v) is 3.24. The van der Waals surface area contributed by atoms with Crippen molar-refractivity contribution in [2.75, 3.05) is 7.11 Å². The van der Waals surface area contributed by atoms with E-state index in [4.69, 9.17) is 4.74 Å². The maximum absolute atomic E-state index is 12.2. The van der Waals surface area contributed by atoms with Crippen LogP contribution < -0.4 is 4.74 Å². The minimum absolute atomic E-state index is 0.0387. The van der Waals surface area contributed by atoms with Crippen LogP contribution in [-0.2, 0) is 0 Å². The SMILES string of the molecule is COc1cc(C)c(C(=O)c2cnns2)cc1C. The van der Waals surface area contributed by atoms with E-state index < -0.39 is 0 Å². The van der Waals surface area contributed by atoms with E-state index in [1.807, 2.05) is 26.0 Å². The molecule has 1 aromatic carbocycles. The predicted molar refractivity (Wildman–Crippen MR) is 65.8 cm³/mol. The summed E-state index contributed by atoms with van der Waals surface area (Å²) in [6.45, 7) is 3.81. The van der Waals surface area contributed by atoms with E-state index in [-0.39, 0.29) is 5.78 Å². The molecule has 0 fully saturated rings. The Morgan fingerprint density at radius 2 is 2.06 bits per heavy atom. The average Bonchev–Trinajstić information content (AvgIpc) is 2.84. The van der Waals surface area contributed by atoms with Crippen molar-refractivity contribution in [2.45, 2.75) is 13.8 Å². The molecule has 88 valence electrons. The van der Waals surface area contributed by atoms with E-state index in [0.717, 1.165) is 28.4 Å². The highest BCUT2D eigenvalue weighted by molar-refractivity contribution is 7.08. The van der Waals surface area contributed by atoms with E-state index in [2.05, 4.69) is 9.59 Å². The molecule has 0 aliphatic carbocycles. The summed E-state index contributed by atoms with van der Waals surface area (Å²) < 4.78 is 8.92. The van der Waals surface area contributed by atoms with Gasteiger partial charge in [-0.15, -0.1) is 5.10 Å². The quantitative estimate of drug-likeness (QED) is 0.783. The molecule has 0 spiro atoms. The van der Waals surface area contributed by atoms with E-state index in [1.54, 1.807) is 7.11 Å². The van der Waals surface area contributed by atoms with Crippen LogP contribution in [-0.4, -0.2) is 22.5 Å². The van der Waals surface area contributed by atoms with E-state index in [0.29, 0.717) is 10.4 Å². The van der Waals surface area contributed by atoms with Gasteiger partial charge in [-0.2, -0.15) is 0 Å². The van der Waals surface area contributed by atoms with Crippen molar-refractivity contribution in [3.8, 4) is 5.75 Å². The highest BCUT2D eigenvalue weighted by Gasteiger charge is 2.15. The minimum atomic E-state index is -0.0387. The van der Waals surface area contributed by atoms with E-state index >= 15 is 0 Å². The number of ether oxygens (including phenoxy) is 1. The van der Waals surface area contributed by atoms with Gasteiger partial charge in [-0.25, -0.2) is 0 Å². The zero-order chi connectivity index (χ0) is 12.4. The Labute approximate surface area is 103 Å².